The summed E-state index contributed by atoms with van der Waals surface area (Å²) in [4.78, 5) is 2.60. The van der Waals surface area contributed by atoms with Crippen molar-refractivity contribution in [1.29, 1.82) is 0 Å². The minimum absolute atomic E-state index is 0.158. The number of nitrogens with zero attached hydrogens (tertiary/aromatic N) is 1. The first-order valence-electron chi connectivity index (χ1n) is 18.1. The van der Waals surface area contributed by atoms with Gasteiger partial charge < -0.3 is 4.90 Å². The van der Waals surface area contributed by atoms with Crippen molar-refractivity contribution in [3.63, 3.8) is 0 Å². The van der Waals surface area contributed by atoms with Crippen molar-refractivity contribution in [3.05, 3.63) is 158 Å². The van der Waals surface area contributed by atoms with Crippen LogP contribution in [0.25, 0.3) is 82.8 Å². The molecule has 1 nitrogen and oxygen atoms in total. The van der Waals surface area contributed by atoms with Gasteiger partial charge in [0.2, 0.25) is 6.71 Å². The molecule has 11 aromatic rings. The summed E-state index contributed by atoms with van der Waals surface area (Å²) in [7, 11) is 0. The van der Waals surface area contributed by atoms with Crippen molar-refractivity contribution in [3.8, 4) is 22.3 Å². The second-order valence-corrected chi connectivity index (χ2v) is 17.6. The molecule has 13 rings (SSSR count). The normalized spacial score (nSPS) is 13.2. The quantitative estimate of drug-likeness (QED) is 0.161. The lowest BCUT2D eigenvalue weighted by Crippen LogP contribution is -2.54. The second kappa shape index (κ2) is 10.5. The van der Waals surface area contributed by atoms with E-state index < -0.39 is 0 Å². The lowest BCUT2D eigenvalue weighted by atomic mass is 9.37. The van der Waals surface area contributed by atoms with Crippen molar-refractivity contribution in [2.24, 2.45) is 0 Å². The molecule has 0 atom stereocenters. The minimum Gasteiger partial charge on any atom is -0.311 e. The monoisotopic (exact) mass is 723 g/mol. The van der Waals surface area contributed by atoms with Gasteiger partial charge in [-0.3, -0.25) is 0 Å². The molecule has 0 amide bonds. The number of rotatable bonds is 2. The van der Waals surface area contributed by atoms with Crippen LogP contribution >= 0.6 is 34.0 Å². The maximum Gasteiger partial charge on any atom is 0.248 e. The fourth-order valence-corrected chi connectivity index (χ4v) is 12.8. The topological polar surface area (TPSA) is 3.24 Å². The van der Waals surface area contributed by atoms with Gasteiger partial charge in [0, 0.05) is 72.2 Å². The number of thiophene rings is 3. The molecule has 3 aromatic heterocycles. The standard InChI is InChI=1S/C48H26BNS3/c1-5-15-37-30(10-1)36-22-27(29-14-9-19-44-47(29)34-13-4-8-18-43(34)51-44)23-40-48(36)49(37)38-25-35-32-12-3-7-17-42(32)53-46(35)26-39(38)50(40)28-20-21-33-31-11-2-6-16-41(31)52-45(33)24-28/h1-26H. The van der Waals surface area contributed by atoms with E-state index in [1.165, 1.54) is 116 Å². The Balaban J connectivity index is 1.16. The van der Waals surface area contributed by atoms with Crippen LogP contribution in [0.5, 0.6) is 0 Å². The van der Waals surface area contributed by atoms with Crippen molar-refractivity contribution in [2.75, 3.05) is 4.90 Å². The predicted octanol–water partition coefficient (Wildman–Crippen LogP) is 12.7. The Hall–Kier alpha value is -5.72. The third-order valence-electron chi connectivity index (χ3n) is 11.7. The Kier molecular flexibility index (Phi) is 5.69. The van der Waals surface area contributed by atoms with Crippen molar-refractivity contribution >= 4 is 135 Å². The molecule has 0 fully saturated rings. The average Bonchev–Trinajstić information content (AvgIpc) is 3.96. The summed E-state index contributed by atoms with van der Waals surface area (Å²) in [5, 5.41) is 8.04. The second-order valence-electron chi connectivity index (χ2n) is 14.4. The van der Waals surface area contributed by atoms with Gasteiger partial charge in [-0.15, -0.1) is 34.0 Å². The molecule has 244 valence electrons. The van der Waals surface area contributed by atoms with Crippen LogP contribution in [0.3, 0.4) is 0 Å². The van der Waals surface area contributed by atoms with Gasteiger partial charge in [0.15, 0.2) is 0 Å². The molecule has 0 radical (unpaired) electrons. The number of benzene rings is 8. The van der Waals surface area contributed by atoms with Gasteiger partial charge in [0.25, 0.3) is 0 Å². The van der Waals surface area contributed by atoms with Crippen LogP contribution in [0.1, 0.15) is 0 Å². The van der Waals surface area contributed by atoms with Gasteiger partial charge in [-0.2, -0.15) is 0 Å². The van der Waals surface area contributed by atoms with Gasteiger partial charge in [0.1, 0.15) is 0 Å². The maximum absolute atomic E-state index is 2.60. The van der Waals surface area contributed by atoms with Crippen molar-refractivity contribution in [1.82, 2.24) is 0 Å². The first-order chi connectivity index (χ1) is 26.3. The van der Waals surface area contributed by atoms with Crippen LogP contribution in [0.4, 0.5) is 17.1 Å². The molecule has 0 aliphatic carbocycles. The molecule has 5 heteroatoms. The molecular formula is C48H26BNS3. The SMILES string of the molecule is c1ccc2c(c1)B1c3cc4c(cc3N(c3ccc5c(c3)sc3ccccc35)c3cc(-c5cccc6sc7ccccc7c56)cc-2c31)sc1ccccc14. The summed E-state index contributed by atoms with van der Waals surface area (Å²) in [5.74, 6) is 0. The molecule has 5 heterocycles. The van der Waals surface area contributed by atoms with E-state index in [1.807, 2.05) is 34.0 Å². The van der Waals surface area contributed by atoms with Crippen LogP contribution < -0.4 is 21.3 Å². The average molecular weight is 724 g/mol. The summed E-state index contributed by atoms with van der Waals surface area (Å²) >= 11 is 5.69. The molecule has 0 unspecified atom stereocenters. The van der Waals surface area contributed by atoms with E-state index in [0.717, 1.165) is 0 Å². The third-order valence-corrected chi connectivity index (χ3v) is 15.1. The van der Waals surface area contributed by atoms with Crippen molar-refractivity contribution < 1.29 is 0 Å². The number of hydrogen-bond donors (Lipinski definition) is 0. The molecule has 2 aliphatic heterocycles. The predicted molar refractivity (Wildman–Crippen MR) is 235 cm³/mol. The van der Waals surface area contributed by atoms with Gasteiger partial charge in [-0.25, -0.2) is 0 Å². The largest absolute Gasteiger partial charge is 0.311 e. The zero-order valence-electron chi connectivity index (χ0n) is 28.3. The van der Waals surface area contributed by atoms with E-state index >= 15 is 0 Å². The van der Waals surface area contributed by atoms with E-state index in [1.54, 1.807) is 0 Å². The minimum atomic E-state index is 0.158. The van der Waals surface area contributed by atoms with Gasteiger partial charge in [0.05, 0.1) is 0 Å². The summed E-state index contributed by atoms with van der Waals surface area (Å²) in [6.45, 7) is 0.158. The molecule has 8 aromatic carbocycles. The van der Waals surface area contributed by atoms with Gasteiger partial charge in [-0.1, -0.05) is 109 Å². The Labute approximate surface area is 317 Å². The number of anilines is 3. The smallest absolute Gasteiger partial charge is 0.248 e. The molecule has 2 aliphatic rings. The van der Waals surface area contributed by atoms with Gasteiger partial charge >= 0.3 is 0 Å². The highest BCUT2D eigenvalue weighted by Crippen LogP contribution is 2.48. The molecule has 53 heavy (non-hydrogen) atoms. The number of hydrogen-bond acceptors (Lipinski definition) is 4. The lowest BCUT2D eigenvalue weighted by Gasteiger charge is -2.36. The molecule has 0 saturated carbocycles. The molecular weight excluding hydrogens is 698 g/mol. The van der Waals surface area contributed by atoms with Crippen LogP contribution in [0, 0.1) is 0 Å². The fraction of sp³-hybridized carbons (Fsp3) is 0. The van der Waals surface area contributed by atoms with Crippen LogP contribution in [-0.4, -0.2) is 6.71 Å². The Morgan fingerprint density at radius 1 is 0.377 bits per heavy atom. The third kappa shape index (κ3) is 3.86. The summed E-state index contributed by atoms with van der Waals surface area (Å²) in [6.07, 6.45) is 0. The highest BCUT2D eigenvalue weighted by atomic mass is 32.1. The fourth-order valence-electron chi connectivity index (χ4n) is 9.46. The summed E-state index contributed by atoms with van der Waals surface area (Å²) < 4.78 is 7.99. The summed E-state index contributed by atoms with van der Waals surface area (Å²) in [6, 6.07) is 59.8. The van der Waals surface area contributed by atoms with Crippen molar-refractivity contribution in [2.45, 2.75) is 0 Å². The Bertz CT molecular complexity index is 3380. The molecule has 0 saturated heterocycles. The molecule has 0 N–H and O–H groups in total. The Morgan fingerprint density at radius 3 is 1.83 bits per heavy atom. The van der Waals surface area contributed by atoms with E-state index in [9.17, 15) is 0 Å². The first-order valence-corrected chi connectivity index (χ1v) is 20.6. The zero-order valence-corrected chi connectivity index (χ0v) is 30.7. The van der Waals surface area contributed by atoms with Crippen LogP contribution in [-0.2, 0) is 0 Å². The van der Waals surface area contributed by atoms with E-state index in [2.05, 4.69) is 163 Å². The molecule has 0 spiro atoms. The van der Waals surface area contributed by atoms with Gasteiger partial charge in [-0.05, 0) is 93.2 Å². The Morgan fingerprint density at radius 2 is 1.00 bits per heavy atom. The highest BCUT2D eigenvalue weighted by molar-refractivity contribution is 7.26. The van der Waals surface area contributed by atoms with E-state index in [0.29, 0.717) is 0 Å². The zero-order chi connectivity index (χ0) is 34.4. The van der Waals surface area contributed by atoms with E-state index in [4.69, 9.17) is 0 Å². The van der Waals surface area contributed by atoms with E-state index in [-0.39, 0.29) is 6.71 Å². The number of fused-ring (bicyclic) bond motifs is 14. The van der Waals surface area contributed by atoms with Crippen LogP contribution in [0.2, 0.25) is 0 Å². The lowest BCUT2D eigenvalue weighted by molar-refractivity contribution is 1.31. The summed E-state index contributed by atoms with van der Waals surface area (Å²) in [5.41, 5.74) is 13.2. The first kappa shape index (κ1) is 28.8. The highest BCUT2D eigenvalue weighted by Gasteiger charge is 2.43. The molecule has 0 bridgehead atoms. The maximum atomic E-state index is 2.60. The van der Waals surface area contributed by atoms with Crippen LogP contribution in [0.15, 0.2) is 158 Å².